The first-order valence-corrected chi connectivity index (χ1v) is 14.3. The average Bonchev–Trinajstić information content (AvgIpc) is 2.98. The summed E-state index contributed by atoms with van der Waals surface area (Å²) in [7, 11) is 2.18. The van der Waals surface area contributed by atoms with Crippen LogP contribution in [0, 0.1) is 13.3 Å². The Morgan fingerprint density at radius 2 is 1.85 bits per heavy atom. The van der Waals surface area contributed by atoms with Crippen molar-refractivity contribution in [2.45, 2.75) is 39.2 Å². The third-order valence-electron chi connectivity index (χ3n) is 7.80. The molecule has 1 saturated heterocycles. The molecule has 1 aliphatic rings. The lowest BCUT2D eigenvalue weighted by atomic mass is 9.89. The number of nitrogens with zero attached hydrogens (tertiary/aromatic N) is 6. The topological polar surface area (TPSA) is 90.0 Å². The van der Waals surface area contributed by atoms with Crippen LogP contribution < -0.4 is 15.9 Å². The molecular formula is C32H31ClN7O+. The lowest BCUT2D eigenvalue weighted by molar-refractivity contribution is -0.307. The number of hydrogen-bond donors (Lipinski definition) is 1. The number of halogens is 1. The van der Waals surface area contributed by atoms with Gasteiger partial charge in [-0.25, -0.2) is 4.98 Å². The fourth-order valence-electron chi connectivity index (χ4n) is 5.48. The Labute approximate surface area is 244 Å². The van der Waals surface area contributed by atoms with Crippen molar-refractivity contribution in [2.24, 2.45) is 0 Å². The number of likely N-dealkylation sites (tertiary alicyclic amines) is 1. The minimum Gasteiger partial charge on any atom is -0.324 e. The zero-order valence-corrected chi connectivity index (χ0v) is 24.1. The minimum absolute atomic E-state index is 0.159. The summed E-state index contributed by atoms with van der Waals surface area (Å²) in [6.07, 6.45) is 6.77. The van der Waals surface area contributed by atoms with Crippen LogP contribution in [0.25, 0.3) is 33.4 Å². The summed E-state index contributed by atoms with van der Waals surface area (Å²) < 4.78 is 1.66. The fourth-order valence-corrected chi connectivity index (χ4v) is 5.76. The van der Waals surface area contributed by atoms with Gasteiger partial charge in [-0.05, 0) is 81.7 Å². The van der Waals surface area contributed by atoms with E-state index in [2.05, 4.69) is 62.8 Å². The average molecular weight is 565 g/mol. The van der Waals surface area contributed by atoms with Crippen LogP contribution in [-0.4, -0.2) is 44.6 Å². The number of nitrogens with one attached hydrogen (secondary N) is 1. The molecule has 0 amide bonds. The molecule has 0 unspecified atom stereocenters. The number of aromatic nitrogens is 5. The van der Waals surface area contributed by atoms with Gasteiger partial charge in [0.15, 0.2) is 5.69 Å². The molecule has 1 fully saturated rings. The van der Waals surface area contributed by atoms with Gasteiger partial charge in [0.05, 0.1) is 6.07 Å². The van der Waals surface area contributed by atoms with Gasteiger partial charge in [0.1, 0.15) is 5.65 Å². The highest BCUT2D eigenvalue weighted by atomic mass is 35.5. The van der Waals surface area contributed by atoms with Gasteiger partial charge in [-0.1, -0.05) is 29.8 Å². The minimum atomic E-state index is -0.159. The normalized spacial score (nSPS) is 14.2. The second-order valence-corrected chi connectivity index (χ2v) is 11.0. The zero-order chi connectivity index (χ0) is 28.5. The van der Waals surface area contributed by atoms with Crippen molar-refractivity contribution in [3.8, 4) is 22.4 Å². The molecule has 1 N–H and O–H groups in total. The smallest absolute Gasteiger partial charge is 0.324 e. The molecular weight excluding hydrogens is 534 g/mol. The van der Waals surface area contributed by atoms with Crippen LogP contribution in [0.3, 0.4) is 0 Å². The van der Waals surface area contributed by atoms with E-state index >= 15 is 0 Å². The summed E-state index contributed by atoms with van der Waals surface area (Å²) in [5.41, 5.74) is 6.19. The van der Waals surface area contributed by atoms with E-state index in [1.807, 2.05) is 44.2 Å². The van der Waals surface area contributed by atoms with Gasteiger partial charge in [0, 0.05) is 57.4 Å². The third-order valence-corrected chi connectivity index (χ3v) is 8.11. The molecule has 0 aliphatic carbocycles. The number of pyridine rings is 1. The molecule has 0 bridgehead atoms. The van der Waals surface area contributed by atoms with E-state index in [4.69, 9.17) is 16.6 Å². The molecule has 5 aromatic rings. The zero-order valence-electron chi connectivity index (χ0n) is 23.4. The van der Waals surface area contributed by atoms with Gasteiger partial charge < -0.3 is 10.2 Å². The van der Waals surface area contributed by atoms with E-state index in [0.29, 0.717) is 40.2 Å². The van der Waals surface area contributed by atoms with Crippen molar-refractivity contribution >= 4 is 34.3 Å². The summed E-state index contributed by atoms with van der Waals surface area (Å²) in [5, 5.41) is 4.52. The van der Waals surface area contributed by atoms with Crippen LogP contribution >= 0.6 is 11.6 Å². The van der Waals surface area contributed by atoms with Crippen LogP contribution in [0.2, 0.25) is 5.02 Å². The lowest BCUT2D eigenvalue weighted by Crippen LogP contribution is -2.29. The molecule has 41 heavy (non-hydrogen) atoms. The van der Waals surface area contributed by atoms with E-state index in [-0.39, 0.29) is 5.56 Å². The summed E-state index contributed by atoms with van der Waals surface area (Å²) in [4.78, 5) is 33.6. The number of fused-ring (bicyclic) bond motifs is 1. The summed E-state index contributed by atoms with van der Waals surface area (Å²) in [6.45, 7) is 6.54. The Kier molecular flexibility index (Phi) is 7.39. The van der Waals surface area contributed by atoms with E-state index in [9.17, 15) is 4.79 Å². The highest BCUT2D eigenvalue weighted by molar-refractivity contribution is 6.33. The van der Waals surface area contributed by atoms with Gasteiger partial charge >= 0.3 is 6.33 Å². The van der Waals surface area contributed by atoms with E-state index < -0.39 is 0 Å². The molecule has 0 atom stereocenters. The maximum atomic E-state index is 13.6. The number of piperidine rings is 1. The number of hydrogen-bond acceptors (Lipinski definition) is 6. The SMILES string of the molecule is CCn1c(=O)c(-c2ccc(-c3cc(C)[n+]#cn3)cc2Cl)cc2cnc(Nc3ccc(C4CCN(C)CC4)cc3)nc21. The summed E-state index contributed by atoms with van der Waals surface area (Å²) >= 11 is 6.71. The Bertz CT molecular complexity index is 1780. The predicted molar refractivity (Wildman–Crippen MR) is 162 cm³/mol. The fraction of sp³-hybridized carbons (Fsp3) is 0.281. The van der Waals surface area contributed by atoms with Gasteiger partial charge in [-0.2, -0.15) is 9.97 Å². The first-order valence-electron chi connectivity index (χ1n) is 13.9. The summed E-state index contributed by atoms with van der Waals surface area (Å²) in [5.74, 6) is 1.04. The molecule has 2 aromatic carbocycles. The summed E-state index contributed by atoms with van der Waals surface area (Å²) in [6, 6.07) is 17.8. The first-order chi connectivity index (χ1) is 19.9. The Morgan fingerprint density at radius 3 is 2.56 bits per heavy atom. The lowest BCUT2D eigenvalue weighted by Gasteiger charge is -2.29. The molecule has 4 heterocycles. The Hall–Kier alpha value is -4.32. The van der Waals surface area contributed by atoms with Crippen LogP contribution in [0.4, 0.5) is 11.6 Å². The molecule has 1 aliphatic heterocycles. The number of anilines is 2. The van der Waals surface area contributed by atoms with Crippen molar-refractivity contribution in [3.63, 3.8) is 0 Å². The van der Waals surface area contributed by atoms with Crippen molar-refractivity contribution in [2.75, 3.05) is 25.5 Å². The van der Waals surface area contributed by atoms with Crippen molar-refractivity contribution < 1.29 is 4.98 Å². The second-order valence-electron chi connectivity index (χ2n) is 10.6. The first kappa shape index (κ1) is 26.9. The van der Waals surface area contributed by atoms with Crippen molar-refractivity contribution in [1.29, 1.82) is 0 Å². The van der Waals surface area contributed by atoms with Crippen molar-refractivity contribution in [3.05, 3.63) is 93.8 Å². The monoisotopic (exact) mass is 564 g/mol. The molecule has 0 spiro atoms. The highest BCUT2D eigenvalue weighted by Crippen LogP contribution is 2.32. The number of benzene rings is 2. The molecule has 0 radical (unpaired) electrons. The number of aryl methyl sites for hydroxylation is 2. The second kappa shape index (κ2) is 11.3. The van der Waals surface area contributed by atoms with Crippen molar-refractivity contribution in [1.82, 2.24) is 24.4 Å². The largest absolute Gasteiger partial charge is 0.429 e. The van der Waals surface area contributed by atoms with Gasteiger partial charge in [0.25, 0.3) is 5.56 Å². The van der Waals surface area contributed by atoms with Crippen LogP contribution in [0.1, 0.15) is 36.9 Å². The molecule has 6 rings (SSSR count). The van der Waals surface area contributed by atoms with E-state index in [1.54, 1.807) is 10.8 Å². The predicted octanol–water partition coefficient (Wildman–Crippen LogP) is 5.46. The quantitative estimate of drug-likeness (QED) is 0.293. The molecule has 206 valence electrons. The standard InChI is InChI=1S/C32H30ClN7O/c1-4-40-30-24(16-27(31(40)41)26-10-7-23(17-28(26)33)29-15-20(2)35-19-36-29)18-34-32(38-30)37-25-8-5-21(6-9-25)22-11-13-39(3)14-12-22/h5-10,15-18,22H,4,11-14H2,1-3H3/p+1. The van der Waals surface area contributed by atoms with Gasteiger partial charge in [-0.15, -0.1) is 0 Å². The maximum Gasteiger partial charge on any atom is 0.429 e. The van der Waals surface area contributed by atoms with E-state index in [1.165, 1.54) is 18.4 Å². The molecule has 0 saturated carbocycles. The van der Waals surface area contributed by atoms with E-state index in [0.717, 1.165) is 41.1 Å². The molecule has 3 aromatic heterocycles. The third kappa shape index (κ3) is 5.51. The Balaban J connectivity index is 1.28. The maximum absolute atomic E-state index is 13.6. The van der Waals surface area contributed by atoms with Gasteiger partial charge in [-0.3, -0.25) is 9.36 Å². The van der Waals surface area contributed by atoms with Crippen LogP contribution in [-0.2, 0) is 6.54 Å². The molecule has 8 nitrogen and oxygen atoms in total. The number of rotatable bonds is 6. The van der Waals surface area contributed by atoms with Crippen LogP contribution in [0.5, 0.6) is 0 Å². The highest BCUT2D eigenvalue weighted by Gasteiger charge is 2.19. The van der Waals surface area contributed by atoms with Gasteiger partial charge in [0.2, 0.25) is 11.6 Å². The van der Waals surface area contributed by atoms with Crippen LogP contribution in [0.15, 0.2) is 65.6 Å². The molecule has 9 heteroatoms. The Morgan fingerprint density at radius 1 is 1.07 bits per heavy atom.